The van der Waals surface area contributed by atoms with Crippen molar-refractivity contribution in [3.8, 4) is 5.69 Å². The first kappa shape index (κ1) is 24.7. The second-order valence-electron chi connectivity index (χ2n) is 10.6. The van der Waals surface area contributed by atoms with Crippen molar-refractivity contribution in [2.45, 2.75) is 65.3 Å². The lowest BCUT2D eigenvalue weighted by atomic mass is 9.92. The van der Waals surface area contributed by atoms with Crippen LogP contribution >= 0.6 is 0 Å². The van der Waals surface area contributed by atoms with Crippen molar-refractivity contribution in [1.82, 2.24) is 14.7 Å². The molecule has 3 aromatic rings. The molecule has 1 N–H and O–H groups in total. The molecule has 0 atom stereocenters. The number of nitrogens with one attached hydrogen (secondary N) is 1. The van der Waals surface area contributed by atoms with Gasteiger partial charge >= 0.3 is 0 Å². The van der Waals surface area contributed by atoms with Crippen molar-refractivity contribution in [2.75, 3.05) is 11.9 Å². The van der Waals surface area contributed by atoms with Crippen molar-refractivity contribution in [3.05, 3.63) is 77.5 Å². The summed E-state index contributed by atoms with van der Waals surface area (Å²) in [5, 5.41) is 7.89. The first-order valence-corrected chi connectivity index (χ1v) is 12.5. The number of para-hydroxylation sites is 1. The van der Waals surface area contributed by atoms with Crippen molar-refractivity contribution < 1.29 is 9.59 Å². The van der Waals surface area contributed by atoms with Crippen LogP contribution in [0.2, 0.25) is 0 Å². The third kappa shape index (κ3) is 5.99. The van der Waals surface area contributed by atoms with Crippen molar-refractivity contribution in [2.24, 2.45) is 5.92 Å². The summed E-state index contributed by atoms with van der Waals surface area (Å²) in [6.07, 6.45) is 3.96. The summed E-state index contributed by atoms with van der Waals surface area (Å²) < 4.78 is 1.80. The van der Waals surface area contributed by atoms with E-state index in [0.29, 0.717) is 12.4 Å². The van der Waals surface area contributed by atoms with Gasteiger partial charge in [-0.05, 0) is 37.0 Å². The maximum absolute atomic E-state index is 13.3. The minimum Gasteiger partial charge on any atom is -0.329 e. The van der Waals surface area contributed by atoms with Crippen LogP contribution in [0.15, 0.2) is 60.7 Å². The standard InChI is InChI=1S/C29H36N4O2/c1-21-12-8-11-17-24(21)33-26(18-25(31-33)29(2,3)4)30-27(34)20-32(19-22-13-6-5-7-14-22)28(35)23-15-9-10-16-23/h5-8,11-14,17-18,23H,9-10,15-16,19-20H2,1-4H3,(H,30,34). The van der Waals surface area contributed by atoms with Gasteiger partial charge in [-0.3, -0.25) is 9.59 Å². The Balaban J connectivity index is 1.59. The quantitative estimate of drug-likeness (QED) is 0.484. The predicted molar refractivity (Wildman–Crippen MR) is 139 cm³/mol. The lowest BCUT2D eigenvalue weighted by Crippen LogP contribution is -2.40. The van der Waals surface area contributed by atoms with Gasteiger partial charge in [-0.15, -0.1) is 0 Å². The molecule has 1 aromatic heterocycles. The Morgan fingerprint density at radius 3 is 2.34 bits per heavy atom. The third-order valence-corrected chi connectivity index (χ3v) is 6.66. The van der Waals surface area contributed by atoms with E-state index >= 15 is 0 Å². The van der Waals surface area contributed by atoms with Crippen LogP contribution in [0.25, 0.3) is 5.69 Å². The van der Waals surface area contributed by atoms with Gasteiger partial charge in [0.05, 0.1) is 11.4 Å². The highest BCUT2D eigenvalue weighted by Crippen LogP contribution is 2.29. The van der Waals surface area contributed by atoms with Gasteiger partial charge in [0.2, 0.25) is 11.8 Å². The van der Waals surface area contributed by atoms with E-state index in [4.69, 9.17) is 5.10 Å². The van der Waals surface area contributed by atoms with Crippen LogP contribution in [0, 0.1) is 12.8 Å². The normalized spacial score (nSPS) is 14.2. The first-order chi connectivity index (χ1) is 16.7. The number of anilines is 1. The molecule has 1 heterocycles. The van der Waals surface area contributed by atoms with E-state index in [1.807, 2.05) is 67.6 Å². The average molecular weight is 473 g/mol. The monoisotopic (exact) mass is 472 g/mol. The van der Waals surface area contributed by atoms with Crippen LogP contribution in [0.5, 0.6) is 0 Å². The number of hydrogen-bond acceptors (Lipinski definition) is 3. The zero-order chi connectivity index (χ0) is 25.0. The molecule has 6 nitrogen and oxygen atoms in total. The summed E-state index contributed by atoms with van der Waals surface area (Å²) in [7, 11) is 0. The van der Waals surface area contributed by atoms with Crippen LogP contribution in [0.4, 0.5) is 5.82 Å². The molecule has 0 radical (unpaired) electrons. The number of aryl methyl sites for hydroxylation is 1. The molecule has 184 valence electrons. The number of benzene rings is 2. The van der Waals surface area contributed by atoms with Crippen LogP contribution in [0.3, 0.4) is 0 Å². The lowest BCUT2D eigenvalue weighted by Gasteiger charge is -2.25. The second-order valence-corrected chi connectivity index (χ2v) is 10.6. The molecule has 4 rings (SSSR count). The van der Waals surface area contributed by atoms with Gasteiger partial charge in [0, 0.05) is 23.9 Å². The summed E-state index contributed by atoms with van der Waals surface area (Å²) in [5.41, 5.74) is 3.71. The van der Waals surface area contributed by atoms with Crippen molar-refractivity contribution in [3.63, 3.8) is 0 Å². The number of carbonyl (C=O) groups excluding carboxylic acids is 2. The SMILES string of the molecule is Cc1ccccc1-n1nc(C(C)(C)C)cc1NC(=O)CN(Cc1ccccc1)C(=O)C1CCCC1. The summed E-state index contributed by atoms with van der Waals surface area (Å²) in [4.78, 5) is 28.4. The van der Waals surface area contributed by atoms with E-state index in [0.717, 1.165) is 48.2 Å². The lowest BCUT2D eigenvalue weighted by molar-refractivity contribution is -0.138. The van der Waals surface area contributed by atoms with Gasteiger partial charge < -0.3 is 10.2 Å². The van der Waals surface area contributed by atoms with Gasteiger partial charge in [0.15, 0.2) is 0 Å². The highest BCUT2D eigenvalue weighted by atomic mass is 16.2. The molecule has 35 heavy (non-hydrogen) atoms. The fourth-order valence-electron chi connectivity index (χ4n) is 4.62. The van der Waals surface area contributed by atoms with Gasteiger partial charge in [0.1, 0.15) is 12.4 Å². The number of amides is 2. The van der Waals surface area contributed by atoms with Gasteiger partial charge in [-0.1, -0.05) is 82.1 Å². The average Bonchev–Trinajstić information content (AvgIpc) is 3.50. The molecule has 0 spiro atoms. The smallest absolute Gasteiger partial charge is 0.245 e. The highest BCUT2D eigenvalue weighted by molar-refractivity contribution is 5.94. The maximum Gasteiger partial charge on any atom is 0.245 e. The number of aromatic nitrogens is 2. The van der Waals surface area contributed by atoms with Crippen LogP contribution < -0.4 is 5.32 Å². The molecule has 1 aliphatic carbocycles. The van der Waals surface area contributed by atoms with Gasteiger partial charge in [0.25, 0.3) is 0 Å². The molecular formula is C29H36N4O2. The molecule has 1 saturated carbocycles. The van der Waals surface area contributed by atoms with E-state index in [1.165, 1.54) is 0 Å². The van der Waals surface area contributed by atoms with Crippen LogP contribution in [-0.2, 0) is 21.5 Å². The molecule has 1 fully saturated rings. The number of rotatable bonds is 7. The van der Waals surface area contributed by atoms with E-state index in [2.05, 4.69) is 26.1 Å². The Labute approximate surface area is 208 Å². The molecule has 2 amide bonds. The summed E-state index contributed by atoms with van der Waals surface area (Å²) in [6, 6.07) is 19.8. The second kappa shape index (κ2) is 10.5. The molecule has 1 aliphatic rings. The van der Waals surface area contributed by atoms with E-state index in [-0.39, 0.29) is 29.7 Å². The number of carbonyl (C=O) groups is 2. The molecule has 6 heteroatoms. The molecule has 2 aromatic carbocycles. The molecule has 0 aliphatic heterocycles. The number of hydrogen-bond donors (Lipinski definition) is 1. The Bertz CT molecular complexity index is 1170. The zero-order valence-corrected chi connectivity index (χ0v) is 21.3. The minimum absolute atomic E-state index is 0.00797. The van der Waals surface area contributed by atoms with Gasteiger partial charge in [-0.25, -0.2) is 4.68 Å². The largest absolute Gasteiger partial charge is 0.329 e. The van der Waals surface area contributed by atoms with Crippen molar-refractivity contribution >= 4 is 17.6 Å². The summed E-state index contributed by atoms with van der Waals surface area (Å²) in [5.74, 6) is 0.477. The summed E-state index contributed by atoms with van der Waals surface area (Å²) in [6.45, 7) is 8.77. The fraction of sp³-hybridized carbons (Fsp3) is 0.414. The third-order valence-electron chi connectivity index (χ3n) is 6.66. The minimum atomic E-state index is -0.220. The van der Waals surface area contributed by atoms with E-state index < -0.39 is 0 Å². The molecule has 0 saturated heterocycles. The molecular weight excluding hydrogens is 436 g/mol. The molecule has 0 bridgehead atoms. The highest BCUT2D eigenvalue weighted by Gasteiger charge is 2.29. The van der Waals surface area contributed by atoms with Crippen LogP contribution in [0.1, 0.15) is 63.3 Å². The molecule has 0 unspecified atom stereocenters. The fourth-order valence-corrected chi connectivity index (χ4v) is 4.62. The Morgan fingerprint density at radius 2 is 1.69 bits per heavy atom. The predicted octanol–water partition coefficient (Wildman–Crippen LogP) is 5.64. The van der Waals surface area contributed by atoms with Gasteiger partial charge in [-0.2, -0.15) is 5.10 Å². The maximum atomic E-state index is 13.3. The van der Waals surface area contributed by atoms with Crippen molar-refractivity contribution in [1.29, 1.82) is 0 Å². The van der Waals surface area contributed by atoms with E-state index in [9.17, 15) is 9.59 Å². The Morgan fingerprint density at radius 1 is 1.03 bits per heavy atom. The van der Waals surface area contributed by atoms with E-state index in [1.54, 1.807) is 9.58 Å². The Hall–Kier alpha value is -3.41. The summed E-state index contributed by atoms with van der Waals surface area (Å²) >= 11 is 0. The van der Waals surface area contributed by atoms with Crippen LogP contribution in [-0.4, -0.2) is 33.0 Å². The number of nitrogens with zero attached hydrogens (tertiary/aromatic N) is 3. The topological polar surface area (TPSA) is 67.2 Å². The first-order valence-electron chi connectivity index (χ1n) is 12.5. The zero-order valence-electron chi connectivity index (χ0n) is 21.3. The Kier molecular flexibility index (Phi) is 7.39.